The average molecular weight is 223 g/mol. The maximum atomic E-state index is 11.9. The van der Waals surface area contributed by atoms with E-state index in [1.54, 1.807) is 0 Å². The van der Waals surface area contributed by atoms with Crippen LogP contribution in [0.3, 0.4) is 0 Å². The van der Waals surface area contributed by atoms with Crippen LogP contribution in [-0.2, 0) is 4.79 Å². The van der Waals surface area contributed by atoms with E-state index in [2.05, 4.69) is 10.6 Å². The molecular weight excluding hydrogens is 212 g/mol. The first kappa shape index (κ1) is 9.04. The molecule has 0 radical (unpaired) electrons. The van der Waals surface area contributed by atoms with Gasteiger partial charge in [0.15, 0.2) is 0 Å². The Morgan fingerprint density at radius 3 is 2.80 bits per heavy atom. The largest absolute Gasteiger partial charge is 0.368 e. The summed E-state index contributed by atoms with van der Waals surface area (Å²) in [5, 5.41) is 6.86. The minimum Gasteiger partial charge on any atom is -0.368 e. The topological polar surface area (TPSA) is 41.1 Å². The fourth-order valence-electron chi connectivity index (χ4n) is 2.18. The molecular formula is C11H11ClN2O. The van der Waals surface area contributed by atoms with Gasteiger partial charge >= 0.3 is 0 Å². The molecule has 1 amide bonds. The van der Waals surface area contributed by atoms with Crippen molar-refractivity contribution in [2.75, 3.05) is 10.6 Å². The lowest BCUT2D eigenvalue weighted by molar-refractivity contribution is -0.123. The molecule has 0 atom stereocenters. The van der Waals surface area contributed by atoms with Gasteiger partial charge in [-0.05, 0) is 31.4 Å². The van der Waals surface area contributed by atoms with Crippen molar-refractivity contribution < 1.29 is 4.79 Å². The molecule has 1 aliphatic heterocycles. The van der Waals surface area contributed by atoms with Crippen molar-refractivity contribution in [3.63, 3.8) is 0 Å². The van der Waals surface area contributed by atoms with E-state index in [0.29, 0.717) is 5.02 Å². The maximum absolute atomic E-state index is 11.9. The van der Waals surface area contributed by atoms with E-state index in [1.807, 2.05) is 18.2 Å². The van der Waals surface area contributed by atoms with E-state index < -0.39 is 5.54 Å². The van der Waals surface area contributed by atoms with E-state index in [-0.39, 0.29) is 5.91 Å². The molecule has 0 aromatic heterocycles. The minimum atomic E-state index is -0.391. The summed E-state index contributed by atoms with van der Waals surface area (Å²) in [4.78, 5) is 11.9. The number of anilines is 2. The number of benzene rings is 1. The molecule has 1 fully saturated rings. The van der Waals surface area contributed by atoms with Crippen molar-refractivity contribution >= 4 is 28.9 Å². The number of amides is 1. The number of rotatable bonds is 0. The van der Waals surface area contributed by atoms with Gasteiger partial charge in [-0.1, -0.05) is 17.7 Å². The van der Waals surface area contributed by atoms with Gasteiger partial charge in [0.25, 0.3) is 0 Å². The number of fused-ring (bicyclic) bond motifs is 1. The number of halogens is 1. The van der Waals surface area contributed by atoms with Gasteiger partial charge in [0.1, 0.15) is 5.54 Å². The van der Waals surface area contributed by atoms with E-state index in [0.717, 1.165) is 30.6 Å². The monoisotopic (exact) mass is 222 g/mol. The van der Waals surface area contributed by atoms with Crippen molar-refractivity contribution in [1.82, 2.24) is 0 Å². The van der Waals surface area contributed by atoms with Crippen LogP contribution >= 0.6 is 11.6 Å². The molecule has 2 N–H and O–H groups in total. The molecule has 1 aromatic carbocycles. The smallest absolute Gasteiger partial charge is 0.250 e. The van der Waals surface area contributed by atoms with Crippen LogP contribution in [0.4, 0.5) is 11.4 Å². The first-order valence-electron chi connectivity index (χ1n) is 5.09. The number of carbonyl (C=O) groups excluding carboxylic acids is 1. The van der Waals surface area contributed by atoms with E-state index in [9.17, 15) is 4.79 Å². The summed E-state index contributed by atoms with van der Waals surface area (Å²) in [5.41, 5.74) is 1.25. The van der Waals surface area contributed by atoms with E-state index in [1.165, 1.54) is 0 Å². The minimum absolute atomic E-state index is 0.0727. The molecule has 4 heteroatoms. The van der Waals surface area contributed by atoms with Gasteiger partial charge in [0.2, 0.25) is 5.91 Å². The van der Waals surface area contributed by atoms with Crippen LogP contribution in [0.15, 0.2) is 18.2 Å². The van der Waals surface area contributed by atoms with Crippen molar-refractivity contribution in [2.45, 2.75) is 24.8 Å². The third kappa shape index (κ3) is 1.16. The Balaban J connectivity index is 2.07. The van der Waals surface area contributed by atoms with Crippen LogP contribution in [0.25, 0.3) is 0 Å². The summed E-state index contributed by atoms with van der Waals surface area (Å²) in [5.74, 6) is 0.0727. The quantitative estimate of drug-likeness (QED) is 0.709. The molecule has 15 heavy (non-hydrogen) atoms. The number of hydrogen-bond acceptors (Lipinski definition) is 2. The Morgan fingerprint density at radius 2 is 2.13 bits per heavy atom. The van der Waals surface area contributed by atoms with Crippen LogP contribution in [0.1, 0.15) is 19.3 Å². The average Bonchev–Trinajstić information content (AvgIpc) is 2.15. The highest BCUT2D eigenvalue weighted by molar-refractivity contribution is 6.34. The van der Waals surface area contributed by atoms with Crippen molar-refractivity contribution in [3.05, 3.63) is 23.2 Å². The number of para-hydroxylation sites is 1. The Hall–Kier alpha value is -1.22. The van der Waals surface area contributed by atoms with Gasteiger partial charge in [-0.15, -0.1) is 0 Å². The van der Waals surface area contributed by atoms with Crippen LogP contribution in [0.2, 0.25) is 5.02 Å². The zero-order valence-electron chi connectivity index (χ0n) is 8.14. The Labute approximate surface area is 92.8 Å². The molecule has 3 rings (SSSR count). The van der Waals surface area contributed by atoms with Crippen molar-refractivity contribution in [3.8, 4) is 0 Å². The number of hydrogen-bond donors (Lipinski definition) is 2. The zero-order chi connectivity index (χ0) is 10.5. The summed E-state index contributed by atoms with van der Waals surface area (Å²) in [6, 6.07) is 5.52. The van der Waals surface area contributed by atoms with Gasteiger partial charge < -0.3 is 10.6 Å². The molecule has 0 saturated heterocycles. The predicted molar refractivity (Wildman–Crippen MR) is 60.3 cm³/mol. The van der Waals surface area contributed by atoms with Crippen LogP contribution in [0.5, 0.6) is 0 Å². The third-order valence-electron chi connectivity index (χ3n) is 3.27. The molecule has 78 valence electrons. The molecule has 3 nitrogen and oxygen atoms in total. The molecule has 1 heterocycles. The molecule has 2 aliphatic rings. The van der Waals surface area contributed by atoms with Crippen molar-refractivity contribution in [2.24, 2.45) is 0 Å². The van der Waals surface area contributed by atoms with Gasteiger partial charge in [-0.3, -0.25) is 4.79 Å². The lowest BCUT2D eigenvalue weighted by Crippen LogP contribution is -2.57. The fourth-order valence-corrected chi connectivity index (χ4v) is 2.40. The summed E-state index contributed by atoms with van der Waals surface area (Å²) in [6.45, 7) is 0. The van der Waals surface area contributed by atoms with Crippen LogP contribution < -0.4 is 10.6 Å². The summed E-state index contributed by atoms with van der Waals surface area (Å²) in [7, 11) is 0. The Morgan fingerprint density at radius 1 is 1.33 bits per heavy atom. The molecule has 0 bridgehead atoms. The summed E-state index contributed by atoms with van der Waals surface area (Å²) in [6.07, 6.45) is 2.88. The Bertz CT molecular complexity index is 440. The summed E-state index contributed by atoms with van der Waals surface area (Å²) < 4.78 is 0. The van der Waals surface area contributed by atoms with Crippen molar-refractivity contribution in [1.29, 1.82) is 0 Å². The molecule has 1 saturated carbocycles. The first-order chi connectivity index (χ1) is 7.21. The standard InChI is InChI=1S/C11H11ClN2O/c12-7-3-1-4-8-9(7)14-11(5-2-6-11)10(15)13-8/h1,3-4,14H,2,5-6H2,(H,13,15). The predicted octanol–water partition coefficient (Wildman–Crippen LogP) is 2.63. The normalized spacial score (nSPS) is 21.3. The zero-order valence-corrected chi connectivity index (χ0v) is 8.90. The lowest BCUT2D eigenvalue weighted by Gasteiger charge is -2.45. The molecule has 0 unspecified atom stereocenters. The van der Waals surface area contributed by atoms with Gasteiger partial charge in [0.05, 0.1) is 16.4 Å². The Kier molecular flexibility index (Phi) is 1.74. The SMILES string of the molecule is O=C1Nc2cccc(Cl)c2NC12CCC2. The van der Waals surface area contributed by atoms with Gasteiger partial charge in [-0.2, -0.15) is 0 Å². The second-order valence-electron chi connectivity index (χ2n) is 4.18. The summed E-state index contributed by atoms with van der Waals surface area (Å²) >= 11 is 6.08. The maximum Gasteiger partial charge on any atom is 0.250 e. The number of nitrogens with one attached hydrogen (secondary N) is 2. The highest BCUT2D eigenvalue weighted by atomic mass is 35.5. The highest BCUT2D eigenvalue weighted by Gasteiger charge is 2.47. The third-order valence-corrected chi connectivity index (χ3v) is 3.58. The van der Waals surface area contributed by atoms with Crippen LogP contribution in [0, 0.1) is 0 Å². The second kappa shape index (κ2) is 2.89. The lowest BCUT2D eigenvalue weighted by atomic mass is 9.74. The second-order valence-corrected chi connectivity index (χ2v) is 4.58. The van der Waals surface area contributed by atoms with Gasteiger partial charge in [-0.25, -0.2) is 0 Å². The highest BCUT2D eigenvalue weighted by Crippen LogP contribution is 2.44. The van der Waals surface area contributed by atoms with Crippen LogP contribution in [-0.4, -0.2) is 11.4 Å². The van der Waals surface area contributed by atoms with Gasteiger partial charge in [0, 0.05) is 0 Å². The van der Waals surface area contributed by atoms with E-state index >= 15 is 0 Å². The molecule has 1 spiro atoms. The van der Waals surface area contributed by atoms with E-state index in [4.69, 9.17) is 11.6 Å². The molecule has 1 aliphatic carbocycles. The fraction of sp³-hybridized carbons (Fsp3) is 0.364. The first-order valence-corrected chi connectivity index (χ1v) is 5.47. The molecule has 1 aromatic rings. The number of carbonyl (C=O) groups is 1.